The maximum atomic E-state index is 13.9. The zero-order valence-electron chi connectivity index (χ0n) is 13.1. The minimum atomic E-state index is -1.50. The third-order valence-corrected chi connectivity index (χ3v) is 3.25. The van der Waals surface area contributed by atoms with E-state index in [1.807, 2.05) is 18.7 Å². The SMILES string of the molecule is CCCOc1c(F)c(F)c(/C=C/CN(CC)CC)c(F)c1F. The Labute approximate surface area is 128 Å². The first kappa shape index (κ1) is 18.5. The van der Waals surface area contributed by atoms with Gasteiger partial charge in [0.25, 0.3) is 0 Å². The number of halogens is 4. The Balaban J connectivity index is 3.09. The summed E-state index contributed by atoms with van der Waals surface area (Å²) in [6, 6.07) is 0. The van der Waals surface area contributed by atoms with Crippen molar-refractivity contribution in [1.29, 1.82) is 0 Å². The maximum Gasteiger partial charge on any atom is 0.204 e. The van der Waals surface area contributed by atoms with Gasteiger partial charge in [0.15, 0.2) is 17.4 Å². The number of likely N-dealkylation sites (N-methyl/N-ethyl adjacent to an activating group) is 1. The monoisotopic (exact) mass is 319 g/mol. The fraction of sp³-hybridized carbons (Fsp3) is 0.500. The molecule has 0 aromatic heterocycles. The van der Waals surface area contributed by atoms with Gasteiger partial charge in [0.2, 0.25) is 11.6 Å². The Kier molecular flexibility index (Phi) is 7.38. The van der Waals surface area contributed by atoms with Crippen LogP contribution in [-0.2, 0) is 0 Å². The van der Waals surface area contributed by atoms with Crippen molar-refractivity contribution < 1.29 is 22.3 Å². The van der Waals surface area contributed by atoms with Crippen molar-refractivity contribution in [1.82, 2.24) is 4.90 Å². The number of hydrogen-bond acceptors (Lipinski definition) is 2. The van der Waals surface area contributed by atoms with Crippen LogP contribution in [0.2, 0.25) is 0 Å². The average molecular weight is 319 g/mol. The average Bonchev–Trinajstić information content (AvgIpc) is 2.52. The molecule has 0 amide bonds. The lowest BCUT2D eigenvalue weighted by Crippen LogP contribution is -2.22. The smallest absolute Gasteiger partial charge is 0.204 e. The number of ether oxygens (including phenoxy) is 1. The lowest BCUT2D eigenvalue weighted by Gasteiger charge is -2.15. The summed E-state index contributed by atoms with van der Waals surface area (Å²) in [6.45, 7) is 7.53. The van der Waals surface area contributed by atoms with E-state index in [0.717, 1.165) is 19.2 Å². The van der Waals surface area contributed by atoms with E-state index >= 15 is 0 Å². The Hall–Kier alpha value is -1.56. The predicted molar refractivity (Wildman–Crippen MR) is 78.9 cm³/mol. The van der Waals surface area contributed by atoms with Gasteiger partial charge in [-0.3, -0.25) is 0 Å². The molecule has 22 heavy (non-hydrogen) atoms. The van der Waals surface area contributed by atoms with Crippen molar-refractivity contribution in [3.8, 4) is 5.75 Å². The standard InChI is InChI=1S/C16H21F4NO/c1-4-10-22-16-14(19)12(17)11(13(18)15(16)20)8-7-9-21(5-2)6-3/h7-8H,4-6,9-10H2,1-3H3/b8-7+. The van der Waals surface area contributed by atoms with E-state index < -0.39 is 34.6 Å². The van der Waals surface area contributed by atoms with Gasteiger partial charge in [-0.1, -0.05) is 32.9 Å². The van der Waals surface area contributed by atoms with E-state index in [4.69, 9.17) is 4.74 Å². The second-order valence-corrected chi connectivity index (χ2v) is 4.74. The molecule has 0 aliphatic carbocycles. The molecule has 2 nitrogen and oxygen atoms in total. The molecule has 0 heterocycles. The molecule has 0 saturated carbocycles. The molecule has 1 rings (SSSR count). The molecule has 0 spiro atoms. The molecule has 0 bridgehead atoms. The van der Waals surface area contributed by atoms with E-state index in [1.54, 1.807) is 6.92 Å². The van der Waals surface area contributed by atoms with Crippen LogP contribution in [0.15, 0.2) is 6.08 Å². The van der Waals surface area contributed by atoms with Gasteiger partial charge in [-0.2, -0.15) is 8.78 Å². The van der Waals surface area contributed by atoms with Crippen LogP contribution in [0.4, 0.5) is 17.6 Å². The van der Waals surface area contributed by atoms with Crippen LogP contribution >= 0.6 is 0 Å². The molecule has 0 fully saturated rings. The van der Waals surface area contributed by atoms with Gasteiger partial charge in [-0.05, 0) is 19.5 Å². The molecule has 0 radical (unpaired) electrons. The van der Waals surface area contributed by atoms with Crippen LogP contribution in [0.25, 0.3) is 6.08 Å². The fourth-order valence-corrected chi connectivity index (χ4v) is 1.91. The van der Waals surface area contributed by atoms with Crippen molar-refractivity contribution in [3.63, 3.8) is 0 Å². The van der Waals surface area contributed by atoms with E-state index in [1.165, 1.54) is 6.08 Å². The highest BCUT2D eigenvalue weighted by Gasteiger charge is 2.25. The largest absolute Gasteiger partial charge is 0.487 e. The van der Waals surface area contributed by atoms with Crippen molar-refractivity contribution in [2.75, 3.05) is 26.2 Å². The number of hydrogen-bond donors (Lipinski definition) is 0. The second kappa shape index (κ2) is 8.78. The highest BCUT2D eigenvalue weighted by Crippen LogP contribution is 2.30. The number of nitrogens with zero attached hydrogens (tertiary/aromatic N) is 1. The van der Waals surface area contributed by atoms with Crippen LogP contribution in [-0.4, -0.2) is 31.1 Å². The molecule has 0 aliphatic heterocycles. The summed E-state index contributed by atoms with van der Waals surface area (Å²) in [7, 11) is 0. The Morgan fingerprint density at radius 3 is 1.91 bits per heavy atom. The van der Waals surface area contributed by atoms with Gasteiger partial charge in [-0.25, -0.2) is 8.78 Å². The number of benzene rings is 1. The van der Waals surface area contributed by atoms with Crippen LogP contribution in [0.1, 0.15) is 32.8 Å². The molecule has 124 valence electrons. The fourth-order valence-electron chi connectivity index (χ4n) is 1.91. The summed E-state index contributed by atoms with van der Waals surface area (Å²) in [5.74, 6) is -6.90. The first-order valence-corrected chi connectivity index (χ1v) is 7.35. The maximum absolute atomic E-state index is 13.9. The third kappa shape index (κ3) is 4.22. The molecule has 6 heteroatoms. The summed E-state index contributed by atoms with van der Waals surface area (Å²) in [5, 5.41) is 0. The van der Waals surface area contributed by atoms with Crippen LogP contribution < -0.4 is 4.74 Å². The van der Waals surface area contributed by atoms with Gasteiger partial charge in [-0.15, -0.1) is 0 Å². The minimum absolute atomic E-state index is 0.0239. The quantitative estimate of drug-likeness (QED) is 0.520. The lowest BCUT2D eigenvalue weighted by atomic mass is 10.1. The number of rotatable bonds is 8. The van der Waals surface area contributed by atoms with E-state index in [0.29, 0.717) is 13.0 Å². The minimum Gasteiger partial charge on any atom is -0.487 e. The van der Waals surface area contributed by atoms with E-state index in [-0.39, 0.29) is 6.61 Å². The van der Waals surface area contributed by atoms with Crippen molar-refractivity contribution >= 4 is 6.08 Å². The molecule has 0 unspecified atom stereocenters. The highest BCUT2D eigenvalue weighted by molar-refractivity contribution is 5.54. The molecule has 0 aliphatic rings. The molecular formula is C16H21F4NO. The van der Waals surface area contributed by atoms with Gasteiger partial charge < -0.3 is 9.64 Å². The molecule has 0 N–H and O–H groups in total. The summed E-state index contributed by atoms with van der Waals surface area (Å²) >= 11 is 0. The van der Waals surface area contributed by atoms with E-state index in [2.05, 4.69) is 0 Å². The zero-order chi connectivity index (χ0) is 16.7. The first-order chi connectivity index (χ1) is 10.5. The third-order valence-electron chi connectivity index (χ3n) is 3.25. The Morgan fingerprint density at radius 1 is 0.909 bits per heavy atom. The first-order valence-electron chi connectivity index (χ1n) is 7.35. The van der Waals surface area contributed by atoms with Gasteiger partial charge in [0.1, 0.15) is 0 Å². The zero-order valence-corrected chi connectivity index (χ0v) is 13.1. The van der Waals surface area contributed by atoms with Crippen molar-refractivity contribution in [2.45, 2.75) is 27.2 Å². The topological polar surface area (TPSA) is 12.5 Å². The summed E-state index contributed by atoms with van der Waals surface area (Å²) < 4.78 is 60.1. The molecule has 1 aromatic carbocycles. The van der Waals surface area contributed by atoms with Crippen molar-refractivity contribution in [2.24, 2.45) is 0 Å². The van der Waals surface area contributed by atoms with Gasteiger partial charge in [0.05, 0.1) is 12.2 Å². The highest BCUT2D eigenvalue weighted by atomic mass is 19.2. The lowest BCUT2D eigenvalue weighted by molar-refractivity contribution is 0.271. The molecule has 0 atom stereocenters. The summed E-state index contributed by atoms with van der Waals surface area (Å²) in [5.41, 5.74) is -0.731. The van der Waals surface area contributed by atoms with Crippen LogP contribution in [0.3, 0.4) is 0 Å². The van der Waals surface area contributed by atoms with Crippen LogP contribution in [0, 0.1) is 23.3 Å². The van der Waals surface area contributed by atoms with Crippen molar-refractivity contribution in [3.05, 3.63) is 34.9 Å². The molecule has 1 aromatic rings. The van der Waals surface area contributed by atoms with Gasteiger partial charge in [0, 0.05) is 6.54 Å². The Morgan fingerprint density at radius 2 is 1.45 bits per heavy atom. The normalized spacial score (nSPS) is 11.6. The predicted octanol–water partition coefficient (Wildman–Crippen LogP) is 4.39. The molecule has 0 saturated heterocycles. The summed E-state index contributed by atoms with van der Waals surface area (Å²) in [6.07, 6.45) is 2.99. The molecular weight excluding hydrogens is 298 g/mol. The van der Waals surface area contributed by atoms with Gasteiger partial charge >= 0.3 is 0 Å². The summed E-state index contributed by atoms with van der Waals surface area (Å²) in [4.78, 5) is 1.98. The van der Waals surface area contributed by atoms with Crippen LogP contribution in [0.5, 0.6) is 5.75 Å². The van der Waals surface area contributed by atoms with E-state index in [9.17, 15) is 17.6 Å². The second-order valence-electron chi connectivity index (χ2n) is 4.74. The Bertz CT molecular complexity index is 498.